The van der Waals surface area contributed by atoms with Crippen LogP contribution in [-0.2, 0) is 0 Å². The van der Waals surface area contributed by atoms with E-state index in [9.17, 15) is 0 Å². The van der Waals surface area contributed by atoms with Gasteiger partial charge in [0.05, 0.1) is 0 Å². The van der Waals surface area contributed by atoms with Gasteiger partial charge in [0.15, 0.2) is 0 Å². The zero-order chi connectivity index (χ0) is 8.81. The maximum absolute atomic E-state index is 5.64. The summed E-state index contributed by atoms with van der Waals surface area (Å²) in [6, 6.07) is 0.549. The van der Waals surface area contributed by atoms with E-state index in [1.807, 2.05) is 7.05 Å². The molecular formula is C10H22N2. The van der Waals surface area contributed by atoms with E-state index in [0.29, 0.717) is 6.04 Å². The molecule has 1 atom stereocenters. The molecule has 1 rings (SSSR count). The third-order valence-corrected chi connectivity index (χ3v) is 3.04. The van der Waals surface area contributed by atoms with Crippen LogP contribution in [0.1, 0.15) is 38.5 Å². The largest absolute Gasteiger partial charge is 0.329 e. The molecule has 2 heteroatoms. The van der Waals surface area contributed by atoms with Crippen molar-refractivity contribution in [3.05, 3.63) is 0 Å². The molecule has 1 aliphatic carbocycles. The molecule has 1 aliphatic rings. The van der Waals surface area contributed by atoms with Crippen molar-refractivity contribution in [2.24, 2.45) is 11.7 Å². The highest BCUT2D eigenvalue weighted by molar-refractivity contribution is 4.73. The Bertz CT molecular complexity index is 104. The average molecular weight is 170 g/mol. The van der Waals surface area contributed by atoms with Crippen molar-refractivity contribution in [3.8, 4) is 0 Å². The normalized spacial score (nSPS) is 22.5. The monoisotopic (exact) mass is 170 g/mol. The van der Waals surface area contributed by atoms with Gasteiger partial charge in [0, 0.05) is 12.6 Å². The van der Waals surface area contributed by atoms with Gasteiger partial charge in [0.1, 0.15) is 0 Å². The first-order valence-corrected chi connectivity index (χ1v) is 5.24. The molecule has 0 bridgehead atoms. The molecule has 1 saturated carbocycles. The third-order valence-electron chi connectivity index (χ3n) is 3.04. The van der Waals surface area contributed by atoms with Gasteiger partial charge in [-0.15, -0.1) is 0 Å². The lowest BCUT2D eigenvalue weighted by atomic mass is 9.85. The Morgan fingerprint density at radius 3 is 2.50 bits per heavy atom. The maximum Gasteiger partial charge on any atom is 0.0189 e. The summed E-state index contributed by atoms with van der Waals surface area (Å²) in [6.45, 7) is 0.785. The second-order valence-corrected chi connectivity index (χ2v) is 3.96. The molecule has 0 aromatic carbocycles. The van der Waals surface area contributed by atoms with Crippen molar-refractivity contribution in [2.75, 3.05) is 13.6 Å². The van der Waals surface area contributed by atoms with Gasteiger partial charge in [-0.2, -0.15) is 0 Å². The molecule has 0 heterocycles. The predicted molar refractivity (Wildman–Crippen MR) is 53.1 cm³/mol. The first-order chi connectivity index (χ1) is 5.86. The van der Waals surface area contributed by atoms with Crippen molar-refractivity contribution in [3.63, 3.8) is 0 Å². The zero-order valence-electron chi connectivity index (χ0n) is 8.18. The molecular weight excluding hydrogens is 148 g/mol. The molecule has 12 heavy (non-hydrogen) atoms. The molecule has 0 aromatic heterocycles. The van der Waals surface area contributed by atoms with E-state index in [2.05, 4.69) is 5.32 Å². The topological polar surface area (TPSA) is 38.0 Å². The van der Waals surface area contributed by atoms with Crippen LogP contribution < -0.4 is 11.1 Å². The van der Waals surface area contributed by atoms with Crippen LogP contribution in [-0.4, -0.2) is 19.6 Å². The van der Waals surface area contributed by atoms with Crippen molar-refractivity contribution in [1.29, 1.82) is 0 Å². The Balaban J connectivity index is 2.18. The van der Waals surface area contributed by atoms with Crippen LogP contribution in [0.5, 0.6) is 0 Å². The van der Waals surface area contributed by atoms with E-state index >= 15 is 0 Å². The summed E-state index contributed by atoms with van der Waals surface area (Å²) in [5.74, 6) is 0.944. The molecule has 72 valence electrons. The molecule has 0 radical (unpaired) electrons. The van der Waals surface area contributed by atoms with E-state index in [1.165, 1.54) is 38.5 Å². The fourth-order valence-electron chi connectivity index (χ4n) is 2.16. The number of hydrogen-bond acceptors (Lipinski definition) is 2. The minimum atomic E-state index is 0.549. The number of nitrogens with two attached hydrogens (primary N) is 1. The molecule has 3 N–H and O–H groups in total. The molecule has 0 saturated heterocycles. The van der Waals surface area contributed by atoms with Gasteiger partial charge >= 0.3 is 0 Å². The van der Waals surface area contributed by atoms with Gasteiger partial charge in [0.25, 0.3) is 0 Å². The quantitative estimate of drug-likeness (QED) is 0.671. The third kappa shape index (κ3) is 3.11. The van der Waals surface area contributed by atoms with Crippen molar-refractivity contribution < 1.29 is 0 Å². The molecule has 0 unspecified atom stereocenters. The van der Waals surface area contributed by atoms with Gasteiger partial charge in [0.2, 0.25) is 0 Å². The fraction of sp³-hybridized carbons (Fsp3) is 1.00. The Morgan fingerprint density at radius 2 is 2.00 bits per heavy atom. The number of rotatable bonds is 4. The van der Waals surface area contributed by atoms with E-state index < -0.39 is 0 Å². The summed E-state index contributed by atoms with van der Waals surface area (Å²) < 4.78 is 0. The molecule has 2 nitrogen and oxygen atoms in total. The van der Waals surface area contributed by atoms with E-state index in [4.69, 9.17) is 5.73 Å². The zero-order valence-corrected chi connectivity index (χ0v) is 8.18. The summed E-state index contributed by atoms with van der Waals surface area (Å²) in [7, 11) is 2.01. The SMILES string of the molecule is CN[C@H](CN)CC1CCCCC1. The van der Waals surface area contributed by atoms with E-state index in [-0.39, 0.29) is 0 Å². The predicted octanol–water partition coefficient (Wildman–Crippen LogP) is 1.50. The lowest BCUT2D eigenvalue weighted by Crippen LogP contribution is -2.35. The molecule has 0 aliphatic heterocycles. The second-order valence-electron chi connectivity index (χ2n) is 3.96. The maximum atomic E-state index is 5.64. The minimum Gasteiger partial charge on any atom is -0.329 e. The van der Waals surface area contributed by atoms with Crippen LogP contribution in [0.25, 0.3) is 0 Å². The van der Waals surface area contributed by atoms with Gasteiger partial charge in [-0.25, -0.2) is 0 Å². The number of hydrogen-bond donors (Lipinski definition) is 2. The van der Waals surface area contributed by atoms with Crippen LogP contribution in [0.2, 0.25) is 0 Å². The second kappa shape index (κ2) is 5.55. The van der Waals surface area contributed by atoms with Gasteiger partial charge in [-0.3, -0.25) is 0 Å². The Labute approximate surface area is 75.9 Å². The fourth-order valence-corrected chi connectivity index (χ4v) is 2.16. The first-order valence-electron chi connectivity index (χ1n) is 5.24. The molecule has 0 amide bonds. The minimum absolute atomic E-state index is 0.549. The van der Waals surface area contributed by atoms with E-state index in [0.717, 1.165) is 12.5 Å². The van der Waals surface area contributed by atoms with Crippen LogP contribution in [0.15, 0.2) is 0 Å². The van der Waals surface area contributed by atoms with Crippen LogP contribution in [0.3, 0.4) is 0 Å². The standard InChI is InChI=1S/C10H22N2/c1-12-10(8-11)7-9-5-3-2-4-6-9/h9-10,12H,2-8,11H2,1H3/t10-/m0/s1. The summed E-state index contributed by atoms with van der Waals surface area (Å²) in [6.07, 6.45) is 8.46. The van der Waals surface area contributed by atoms with Crippen molar-refractivity contribution in [1.82, 2.24) is 5.32 Å². The van der Waals surface area contributed by atoms with Gasteiger partial charge in [-0.05, 0) is 19.4 Å². The summed E-state index contributed by atoms with van der Waals surface area (Å²) >= 11 is 0. The Hall–Kier alpha value is -0.0800. The molecule has 0 spiro atoms. The number of likely N-dealkylation sites (N-methyl/N-ethyl adjacent to an activating group) is 1. The lowest BCUT2D eigenvalue weighted by Gasteiger charge is -2.25. The van der Waals surface area contributed by atoms with Crippen molar-refractivity contribution in [2.45, 2.75) is 44.6 Å². The Morgan fingerprint density at radius 1 is 1.33 bits per heavy atom. The van der Waals surface area contributed by atoms with E-state index in [1.54, 1.807) is 0 Å². The Kier molecular flexibility index (Phi) is 4.62. The van der Waals surface area contributed by atoms with Crippen molar-refractivity contribution >= 4 is 0 Å². The number of nitrogens with one attached hydrogen (secondary N) is 1. The first kappa shape index (κ1) is 10.0. The molecule has 1 fully saturated rings. The highest BCUT2D eigenvalue weighted by atomic mass is 14.9. The smallest absolute Gasteiger partial charge is 0.0189 e. The van der Waals surface area contributed by atoms with Crippen LogP contribution >= 0.6 is 0 Å². The highest BCUT2D eigenvalue weighted by Gasteiger charge is 2.16. The molecule has 0 aromatic rings. The highest BCUT2D eigenvalue weighted by Crippen LogP contribution is 2.26. The lowest BCUT2D eigenvalue weighted by molar-refractivity contribution is 0.306. The average Bonchev–Trinajstić information content (AvgIpc) is 2.16. The summed E-state index contributed by atoms with van der Waals surface area (Å²) in [4.78, 5) is 0. The van der Waals surface area contributed by atoms with Gasteiger partial charge in [-0.1, -0.05) is 32.1 Å². The van der Waals surface area contributed by atoms with Crippen LogP contribution in [0.4, 0.5) is 0 Å². The summed E-state index contributed by atoms with van der Waals surface area (Å²) in [5.41, 5.74) is 5.64. The summed E-state index contributed by atoms with van der Waals surface area (Å²) in [5, 5.41) is 3.27. The van der Waals surface area contributed by atoms with Crippen LogP contribution in [0, 0.1) is 5.92 Å². The van der Waals surface area contributed by atoms with Gasteiger partial charge < -0.3 is 11.1 Å².